The summed E-state index contributed by atoms with van der Waals surface area (Å²) in [7, 11) is 0. The molecular formula is C11H20O. The van der Waals surface area contributed by atoms with E-state index in [1.807, 2.05) is 20.8 Å². The van der Waals surface area contributed by atoms with Crippen LogP contribution in [0.15, 0.2) is 0 Å². The van der Waals surface area contributed by atoms with Gasteiger partial charge in [-0.25, -0.2) is 0 Å². The number of unbranched alkanes of at least 4 members (excludes halogenated alkanes) is 2. The fourth-order valence-corrected chi connectivity index (χ4v) is 0.651. The summed E-state index contributed by atoms with van der Waals surface area (Å²) >= 11 is 0. The molecule has 0 aliphatic heterocycles. The van der Waals surface area contributed by atoms with Gasteiger partial charge in [0.2, 0.25) is 0 Å². The van der Waals surface area contributed by atoms with Gasteiger partial charge in [0.15, 0.2) is 0 Å². The monoisotopic (exact) mass is 168 g/mol. The highest BCUT2D eigenvalue weighted by molar-refractivity contribution is 5.07. The summed E-state index contributed by atoms with van der Waals surface area (Å²) in [6.07, 6.45) is 2.71. The summed E-state index contributed by atoms with van der Waals surface area (Å²) in [5, 5.41) is 9.51. The van der Waals surface area contributed by atoms with E-state index in [0.717, 1.165) is 12.8 Å². The molecule has 0 aromatic carbocycles. The fraction of sp³-hybridized carbons (Fsp3) is 0.818. The third-order valence-corrected chi connectivity index (χ3v) is 1.71. The van der Waals surface area contributed by atoms with Gasteiger partial charge in [-0.05, 0) is 11.8 Å². The summed E-state index contributed by atoms with van der Waals surface area (Å²) in [4.78, 5) is 0. The van der Waals surface area contributed by atoms with Gasteiger partial charge in [-0.3, -0.25) is 0 Å². The Morgan fingerprint density at radius 3 is 2.33 bits per heavy atom. The second kappa shape index (κ2) is 5.22. The highest BCUT2D eigenvalue weighted by Crippen LogP contribution is 2.17. The molecule has 0 bridgehead atoms. The predicted molar refractivity (Wildman–Crippen MR) is 52.8 cm³/mol. The number of hydrogen-bond acceptors (Lipinski definition) is 1. The van der Waals surface area contributed by atoms with Crippen LogP contribution in [0.2, 0.25) is 0 Å². The number of aliphatic hydroxyl groups is 1. The molecule has 70 valence electrons. The first-order valence-corrected chi connectivity index (χ1v) is 4.65. The molecule has 0 aliphatic rings. The summed E-state index contributed by atoms with van der Waals surface area (Å²) in [6.45, 7) is 8.12. The van der Waals surface area contributed by atoms with Gasteiger partial charge in [0.1, 0.15) is 6.10 Å². The van der Waals surface area contributed by atoms with E-state index in [0.29, 0.717) is 0 Å². The van der Waals surface area contributed by atoms with Gasteiger partial charge >= 0.3 is 0 Å². The standard InChI is InChI=1S/C11H20O/c1-5-6-7-8-9-10(12)11(2,3)4/h10,12H,5-7H2,1-4H3/t10-/m1/s1. The number of rotatable bonds is 2. The Kier molecular flexibility index (Phi) is 5.01. The molecule has 0 aromatic heterocycles. The molecule has 1 N–H and O–H groups in total. The zero-order valence-electron chi connectivity index (χ0n) is 8.65. The first-order chi connectivity index (χ1) is 5.48. The zero-order valence-corrected chi connectivity index (χ0v) is 8.65. The lowest BCUT2D eigenvalue weighted by Crippen LogP contribution is -2.23. The van der Waals surface area contributed by atoms with Crippen LogP contribution in [-0.4, -0.2) is 11.2 Å². The maximum absolute atomic E-state index is 9.51. The van der Waals surface area contributed by atoms with Crippen LogP contribution in [0.1, 0.15) is 47.0 Å². The Bertz CT molecular complexity index is 166. The van der Waals surface area contributed by atoms with E-state index in [2.05, 4.69) is 18.8 Å². The molecule has 0 unspecified atom stereocenters. The van der Waals surface area contributed by atoms with Gasteiger partial charge in [0.25, 0.3) is 0 Å². The molecule has 12 heavy (non-hydrogen) atoms. The lowest BCUT2D eigenvalue weighted by Gasteiger charge is -2.20. The molecule has 0 aromatic rings. The predicted octanol–water partition coefficient (Wildman–Crippen LogP) is 2.59. The van der Waals surface area contributed by atoms with E-state index < -0.39 is 6.10 Å². The van der Waals surface area contributed by atoms with E-state index in [1.165, 1.54) is 6.42 Å². The van der Waals surface area contributed by atoms with Crippen molar-refractivity contribution in [2.45, 2.75) is 53.1 Å². The molecule has 0 amide bonds. The van der Waals surface area contributed by atoms with Gasteiger partial charge in [-0.2, -0.15) is 0 Å². The van der Waals surface area contributed by atoms with Crippen LogP contribution in [0.3, 0.4) is 0 Å². The maximum atomic E-state index is 9.51. The van der Waals surface area contributed by atoms with Crippen molar-refractivity contribution < 1.29 is 5.11 Å². The van der Waals surface area contributed by atoms with Crippen molar-refractivity contribution >= 4 is 0 Å². The van der Waals surface area contributed by atoms with E-state index >= 15 is 0 Å². The molecule has 0 radical (unpaired) electrons. The Morgan fingerprint density at radius 2 is 1.92 bits per heavy atom. The Morgan fingerprint density at radius 1 is 1.33 bits per heavy atom. The van der Waals surface area contributed by atoms with E-state index in [9.17, 15) is 5.11 Å². The van der Waals surface area contributed by atoms with Gasteiger partial charge in [-0.15, -0.1) is 5.92 Å². The largest absolute Gasteiger partial charge is 0.380 e. The smallest absolute Gasteiger partial charge is 0.119 e. The minimum Gasteiger partial charge on any atom is -0.380 e. The second-order valence-electron chi connectivity index (χ2n) is 4.19. The molecule has 0 aliphatic carbocycles. The van der Waals surface area contributed by atoms with Crippen molar-refractivity contribution in [1.82, 2.24) is 0 Å². The molecule has 1 atom stereocenters. The SMILES string of the molecule is CCCCC#C[C@@H](O)C(C)(C)C. The lowest BCUT2D eigenvalue weighted by molar-refractivity contribution is 0.114. The molecule has 0 saturated carbocycles. The van der Waals surface area contributed by atoms with Crippen molar-refractivity contribution in [3.05, 3.63) is 0 Å². The molecule has 0 rings (SSSR count). The van der Waals surface area contributed by atoms with E-state index in [-0.39, 0.29) is 5.41 Å². The van der Waals surface area contributed by atoms with Crippen LogP contribution in [0, 0.1) is 17.3 Å². The maximum Gasteiger partial charge on any atom is 0.119 e. The molecule has 0 fully saturated rings. The molecule has 1 nitrogen and oxygen atoms in total. The topological polar surface area (TPSA) is 20.2 Å². The average Bonchev–Trinajstić information content (AvgIpc) is 1.96. The molecule has 0 heterocycles. The first kappa shape index (κ1) is 11.5. The van der Waals surface area contributed by atoms with Crippen molar-refractivity contribution in [3.8, 4) is 11.8 Å². The van der Waals surface area contributed by atoms with Gasteiger partial charge < -0.3 is 5.11 Å². The molecule has 0 saturated heterocycles. The summed E-state index contributed by atoms with van der Waals surface area (Å²) in [6, 6.07) is 0. The number of aliphatic hydroxyl groups excluding tert-OH is 1. The van der Waals surface area contributed by atoms with Gasteiger partial charge in [0, 0.05) is 6.42 Å². The average molecular weight is 168 g/mol. The van der Waals surface area contributed by atoms with Crippen molar-refractivity contribution in [3.63, 3.8) is 0 Å². The minimum absolute atomic E-state index is 0.112. The number of hydrogen-bond donors (Lipinski definition) is 1. The van der Waals surface area contributed by atoms with Crippen molar-refractivity contribution in [2.75, 3.05) is 0 Å². The highest BCUT2D eigenvalue weighted by atomic mass is 16.3. The third-order valence-electron chi connectivity index (χ3n) is 1.71. The van der Waals surface area contributed by atoms with Crippen LogP contribution < -0.4 is 0 Å². The van der Waals surface area contributed by atoms with Crippen LogP contribution >= 0.6 is 0 Å². The summed E-state index contributed by atoms with van der Waals surface area (Å²) in [5.74, 6) is 5.86. The molecular weight excluding hydrogens is 148 g/mol. The van der Waals surface area contributed by atoms with Gasteiger partial charge in [-0.1, -0.05) is 40.0 Å². The van der Waals surface area contributed by atoms with Crippen LogP contribution in [0.5, 0.6) is 0 Å². The summed E-state index contributed by atoms with van der Waals surface area (Å²) in [5.41, 5.74) is -0.112. The highest BCUT2D eigenvalue weighted by Gasteiger charge is 2.19. The summed E-state index contributed by atoms with van der Waals surface area (Å²) < 4.78 is 0. The van der Waals surface area contributed by atoms with Crippen LogP contribution in [-0.2, 0) is 0 Å². The minimum atomic E-state index is -0.491. The molecule has 0 spiro atoms. The lowest BCUT2D eigenvalue weighted by atomic mass is 9.89. The van der Waals surface area contributed by atoms with Crippen LogP contribution in [0.4, 0.5) is 0 Å². The van der Waals surface area contributed by atoms with Crippen LogP contribution in [0.25, 0.3) is 0 Å². The first-order valence-electron chi connectivity index (χ1n) is 4.65. The second-order valence-corrected chi connectivity index (χ2v) is 4.19. The third kappa shape index (κ3) is 5.21. The normalized spacial score (nSPS) is 13.4. The molecule has 1 heteroatoms. The Balaban J connectivity index is 3.79. The Labute approximate surface area is 76.2 Å². The Hall–Kier alpha value is -0.480. The van der Waals surface area contributed by atoms with E-state index in [4.69, 9.17) is 0 Å². The van der Waals surface area contributed by atoms with Crippen molar-refractivity contribution in [1.29, 1.82) is 0 Å². The fourth-order valence-electron chi connectivity index (χ4n) is 0.651. The van der Waals surface area contributed by atoms with Gasteiger partial charge in [0.05, 0.1) is 0 Å². The van der Waals surface area contributed by atoms with E-state index in [1.54, 1.807) is 0 Å². The zero-order chi connectivity index (χ0) is 9.61. The quantitative estimate of drug-likeness (QED) is 0.496. The van der Waals surface area contributed by atoms with Crippen molar-refractivity contribution in [2.24, 2.45) is 5.41 Å².